The van der Waals surface area contributed by atoms with Crippen LogP contribution in [0.15, 0.2) is 28.7 Å². The minimum absolute atomic E-state index is 0.558. The van der Waals surface area contributed by atoms with Gasteiger partial charge in [-0.3, -0.25) is 0 Å². The number of anilines is 1. The molecular formula is C12H15BrN2S. The molecule has 16 heavy (non-hydrogen) atoms. The molecule has 0 aliphatic heterocycles. The summed E-state index contributed by atoms with van der Waals surface area (Å²) in [7, 11) is 0. The van der Waals surface area contributed by atoms with E-state index in [1.54, 1.807) is 0 Å². The third-order valence-electron chi connectivity index (χ3n) is 2.81. The van der Waals surface area contributed by atoms with Gasteiger partial charge in [-0.15, -0.1) is 0 Å². The second-order valence-electron chi connectivity index (χ2n) is 4.06. The summed E-state index contributed by atoms with van der Waals surface area (Å²) in [6.07, 6.45) is 5.10. The lowest BCUT2D eigenvalue weighted by atomic mass is 10.2. The number of rotatable bonds is 2. The first-order chi connectivity index (χ1) is 7.75. The molecule has 2 nitrogen and oxygen atoms in total. The van der Waals surface area contributed by atoms with Gasteiger partial charge in [0.1, 0.15) is 0 Å². The molecule has 0 saturated heterocycles. The minimum Gasteiger partial charge on any atom is -0.360 e. The molecule has 0 bridgehead atoms. The number of para-hydroxylation sites is 1. The molecule has 0 spiro atoms. The summed E-state index contributed by atoms with van der Waals surface area (Å²) < 4.78 is 1.03. The maximum atomic E-state index is 5.29. The van der Waals surface area contributed by atoms with Crippen LogP contribution in [0.4, 0.5) is 5.69 Å². The molecule has 0 aromatic heterocycles. The average Bonchev–Trinajstić information content (AvgIpc) is 2.74. The largest absolute Gasteiger partial charge is 0.360 e. The fourth-order valence-electron chi connectivity index (χ4n) is 1.98. The van der Waals surface area contributed by atoms with Crippen LogP contribution >= 0.6 is 28.1 Å². The molecule has 1 aromatic carbocycles. The summed E-state index contributed by atoms with van der Waals surface area (Å²) >= 11 is 8.78. The first-order valence-corrected chi connectivity index (χ1v) is 6.78. The standard InChI is InChI=1S/C12H15BrN2S/c13-10-7-3-4-8-11(10)15-12(16)14-9-5-1-2-6-9/h3-4,7-9H,1-2,5-6H2,(H2,14,15,16). The Balaban J connectivity index is 1.89. The van der Waals surface area contributed by atoms with Crippen LogP contribution < -0.4 is 10.6 Å². The Morgan fingerprint density at radius 2 is 1.94 bits per heavy atom. The minimum atomic E-state index is 0.558. The van der Waals surface area contributed by atoms with Crippen molar-refractivity contribution in [1.29, 1.82) is 0 Å². The van der Waals surface area contributed by atoms with E-state index < -0.39 is 0 Å². The van der Waals surface area contributed by atoms with Gasteiger partial charge < -0.3 is 10.6 Å². The van der Waals surface area contributed by atoms with E-state index in [0.717, 1.165) is 15.3 Å². The van der Waals surface area contributed by atoms with Crippen molar-refractivity contribution in [2.45, 2.75) is 31.7 Å². The Bertz CT molecular complexity index is 375. The molecule has 2 N–H and O–H groups in total. The van der Waals surface area contributed by atoms with E-state index in [1.165, 1.54) is 25.7 Å². The Hall–Kier alpha value is -0.610. The zero-order valence-electron chi connectivity index (χ0n) is 9.00. The molecule has 0 heterocycles. The molecule has 4 heteroatoms. The molecule has 2 rings (SSSR count). The number of thiocarbonyl (C=S) groups is 1. The van der Waals surface area contributed by atoms with Crippen LogP contribution in [0.3, 0.4) is 0 Å². The van der Waals surface area contributed by atoms with Crippen molar-refractivity contribution in [3.63, 3.8) is 0 Å². The van der Waals surface area contributed by atoms with E-state index >= 15 is 0 Å². The summed E-state index contributed by atoms with van der Waals surface area (Å²) in [5.41, 5.74) is 1.01. The van der Waals surface area contributed by atoms with Crippen LogP contribution in [0.5, 0.6) is 0 Å². The Morgan fingerprint density at radius 1 is 1.25 bits per heavy atom. The molecule has 1 aliphatic rings. The van der Waals surface area contributed by atoms with Crippen molar-refractivity contribution in [2.24, 2.45) is 0 Å². The number of nitrogens with one attached hydrogen (secondary N) is 2. The summed E-state index contributed by atoms with van der Waals surface area (Å²) in [5, 5.41) is 7.29. The second kappa shape index (κ2) is 5.64. The number of halogens is 1. The zero-order chi connectivity index (χ0) is 11.4. The normalized spacial score (nSPS) is 16.1. The third kappa shape index (κ3) is 3.19. The van der Waals surface area contributed by atoms with E-state index in [-0.39, 0.29) is 0 Å². The van der Waals surface area contributed by atoms with Gasteiger partial charge in [-0.1, -0.05) is 25.0 Å². The fraction of sp³-hybridized carbons (Fsp3) is 0.417. The summed E-state index contributed by atoms with van der Waals surface area (Å²) in [4.78, 5) is 0. The van der Waals surface area contributed by atoms with Crippen molar-refractivity contribution in [1.82, 2.24) is 5.32 Å². The second-order valence-corrected chi connectivity index (χ2v) is 5.32. The monoisotopic (exact) mass is 298 g/mol. The predicted molar refractivity (Wildman–Crippen MR) is 75.8 cm³/mol. The molecule has 1 aliphatic carbocycles. The summed E-state index contributed by atoms with van der Waals surface area (Å²) in [6, 6.07) is 8.55. The van der Waals surface area contributed by atoms with E-state index in [0.29, 0.717) is 6.04 Å². The van der Waals surface area contributed by atoms with Crippen molar-refractivity contribution >= 4 is 38.9 Å². The van der Waals surface area contributed by atoms with Crippen LogP contribution in [-0.2, 0) is 0 Å². The van der Waals surface area contributed by atoms with E-state index in [4.69, 9.17) is 12.2 Å². The molecule has 1 fully saturated rings. The maximum absolute atomic E-state index is 5.29. The Labute approximate surface area is 110 Å². The highest BCUT2D eigenvalue weighted by Crippen LogP contribution is 2.22. The fourth-order valence-corrected chi connectivity index (χ4v) is 2.64. The van der Waals surface area contributed by atoms with Gasteiger partial charge in [0.25, 0.3) is 0 Å². The van der Waals surface area contributed by atoms with E-state index in [2.05, 4.69) is 26.6 Å². The topological polar surface area (TPSA) is 24.1 Å². The van der Waals surface area contributed by atoms with E-state index in [9.17, 15) is 0 Å². The quantitative estimate of drug-likeness (QED) is 0.815. The summed E-state index contributed by atoms with van der Waals surface area (Å²) in [5.74, 6) is 0. The molecule has 86 valence electrons. The zero-order valence-corrected chi connectivity index (χ0v) is 11.4. The van der Waals surface area contributed by atoms with E-state index in [1.807, 2.05) is 24.3 Å². The Morgan fingerprint density at radius 3 is 2.62 bits per heavy atom. The van der Waals surface area contributed by atoms with Crippen molar-refractivity contribution < 1.29 is 0 Å². The maximum Gasteiger partial charge on any atom is 0.171 e. The Kier molecular flexibility index (Phi) is 4.18. The van der Waals surface area contributed by atoms with Gasteiger partial charge in [-0.25, -0.2) is 0 Å². The highest BCUT2D eigenvalue weighted by molar-refractivity contribution is 9.10. The third-order valence-corrected chi connectivity index (χ3v) is 3.72. The van der Waals surface area contributed by atoms with Crippen LogP contribution in [0.2, 0.25) is 0 Å². The van der Waals surface area contributed by atoms with Gasteiger partial charge in [0.05, 0.1) is 5.69 Å². The van der Waals surface area contributed by atoms with Gasteiger partial charge in [-0.2, -0.15) is 0 Å². The molecule has 0 atom stereocenters. The average molecular weight is 299 g/mol. The molecule has 1 saturated carbocycles. The van der Waals surface area contributed by atoms with Crippen molar-refractivity contribution in [3.8, 4) is 0 Å². The lowest BCUT2D eigenvalue weighted by Gasteiger charge is -2.16. The molecule has 0 amide bonds. The van der Waals surface area contributed by atoms with Gasteiger partial charge in [-0.05, 0) is 53.1 Å². The van der Waals surface area contributed by atoms with Crippen LogP contribution in [0.25, 0.3) is 0 Å². The van der Waals surface area contributed by atoms with Gasteiger partial charge >= 0.3 is 0 Å². The molecule has 1 aromatic rings. The van der Waals surface area contributed by atoms with Crippen LogP contribution in [-0.4, -0.2) is 11.2 Å². The predicted octanol–water partition coefficient (Wildman–Crippen LogP) is 3.68. The van der Waals surface area contributed by atoms with Crippen LogP contribution in [0, 0.1) is 0 Å². The van der Waals surface area contributed by atoms with Gasteiger partial charge in [0.15, 0.2) is 5.11 Å². The molecule has 0 unspecified atom stereocenters. The molecular weight excluding hydrogens is 284 g/mol. The van der Waals surface area contributed by atoms with Crippen molar-refractivity contribution in [3.05, 3.63) is 28.7 Å². The lowest BCUT2D eigenvalue weighted by molar-refractivity contribution is 0.634. The van der Waals surface area contributed by atoms with Crippen molar-refractivity contribution in [2.75, 3.05) is 5.32 Å². The number of hydrogen-bond donors (Lipinski definition) is 2. The highest BCUT2D eigenvalue weighted by atomic mass is 79.9. The van der Waals surface area contributed by atoms with Gasteiger partial charge in [0.2, 0.25) is 0 Å². The summed E-state index contributed by atoms with van der Waals surface area (Å²) in [6.45, 7) is 0. The first-order valence-electron chi connectivity index (χ1n) is 5.58. The smallest absolute Gasteiger partial charge is 0.171 e. The SMILES string of the molecule is S=C(Nc1ccccc1Br)NC1CCCC1. The van der Waals surface area contributed by atoms with Crippen LogP contribution in [0.1, 0.15) is 25.7 Å². The first kappa shape index (κ1) is 11.9. The van der Waals surface area contributed by atoms with Gasteiger partial charge in [0, 0.05) is 10.5 Å². The number of hydrogen-bond acceptors (Lipinski definition) is 1. The highest BCUT2D eigenvalue weighted by Gasteiger charge is 2.15. The molecule has 0 radical (unpaired) electrons. The number of benzene rings is 1. The lowest BCUT2D eigenvalue weighted by Crippen LogP contribution is -2.35.